The Kier molecular flexibility index (Phi) is 2.10. The Morgan fingerprint density at radius 2 is 2.50 bits per heavy atom. The van der Waals surface area contributed by atoms with E-state index in [0.29, 0.717) is 0 Å². The van der Waals surface area contributed by atoms with E-state index in [1.165, 1.54) is 0 Å². The second-order valence-corrected chi connectivity index (χ2v) is 3.40. The van der Waals surface area contributed by atoms with Gasteiger partial charge in [-0.25, -0.2) is 0 Å². The van der Waals surface area contributed by atoms with Crippen molar-refractivity contribution in [1.82, 2.24) is 5.32 Å². The maximum Gasteiger partial charge on any atom is 0.232 e. The molecule has 0 aromatic carbocycles. The average molecular weight is 225 g/mol. The lowest BCUT2D eigenvalue weighted by Crippen LogP contribution is -2.36. The number of hydrogen-bond acceptors (Lipinski definition) is 1. The van der Waals surface area contributed by atoms with Gasteiger partial charge in [-0.15, -0.1) is 0 Å². The average Bonchev–Trinajstić information content (AvgIpc) is 1.77. The fourth-order valence-corrected chi connectivity index (χ4v) is 1.40. The first-order valence-corrected chi connectivity index (χ1v) is 3.97. The molecule has 1 fully saturated rings. The van der Waals surface area contributed by atoms with E-state index >= 15 is 0 Å². The quantitative estimate of drug-likeness (QED) is 0.477. The lowest BCUT2D eigenvalue weighted by molar-refractivity contribution is -0.121. The van der Waals surface area contributed by atoms with Crippen molar-refractivity contribution in [3.8, 4) is 0 Å². The van der Waals surface area contributed by atoms with Gasteiger partial charge in [-0.1, -0.05) is 22.6 Å². The van der Waals surface area contributed by atoms with Crippen LogP contribution < -0.4 is 5.32 Å². The van der Waals surface area contributed by atoms with Crippen molar-refractivity contribution in [2.45, 2.75) is 16.8 Å². The third-order valence-electron chi connectivity index (χ3n) is 1.22. The molecule has 1 aliphatic rings. The largest absolute Gasteiger partial charge is 0.355 e. The first kappa shape index (κ1) is 6.32. The molecule has 46 valence electrons. The Morgan fingerprint density at radius 1 is 1.75 bits per heavy atom. The van der Waals surface area contributed by atoms with Crippen LogP contribution in [-0.4, -0.2) is 16.4 Å². The van der Waals surface area contributed by atoms with E-state index in [-0.39, 0.29) is 9.83 Å². The topological polar surface area (TPSA) is 29.1 Å². The predicted molar refractivity (Wildman–Crippen MR) is 40.1 cm³/mol. The highest BCUT2D eigenvalue weighted by molar-refractivity contribution is 14.1. The van der Waals surface area contributed by atoms with Crippen LogP contribution >= 0.6 is 22.6 Å². The van der Waals surface area contributed by atoms with E-state index in [1.54, 1.807) is 0 Å². The molecule has 0 aliphatic carbocycles. The zero-order chi connectivity index (χ0) is 5.98. The van der Waals surface area contributed by atoms with Crippen LogP contribution in [0, 0.1) is 0 Å². The molecule has 1 rings (SSSR count). The number of carbonyl (C=O) groups excluding carboxylic acids is 1. The van der Waals surface area contributed by atoms with Gasteiger partial charge in [0.25, 0.3) is 0 Å². The number of alkyl halides is 1. The van der Waals surface area contributed by atoms with E-state index in [9.17, 15) is 4.79 Å². The fourth-order valence-electron chi connectivity index (χ4n) is 0.735. The van der Waals surface area contributed by atoms with Gasteiger partial charge in [0, 0.05) is 6.54 Å². The Labute approximate surface area is 62.2 Å². The number of rotatable bonds is 0. The predicted octanol–water partition coefficient (Wildman–Crippen LogP) is 0.700. The van der Waals surface area contributed by atoms with Gasteiger partial charge in [0.05, 0.1) is 3.92 Å². The highest BCUT2D eigenvalue weighted by Gasteiger charge is 2.17. The van der Waals surface area contributed by atoms with Gasteiger partial charge < -0.3 is 5.32 Å². The molecule has 1 amide bonds. The summed E-state index contributed by atoms with van der Waals surface area (Å²) < 4.78 is 0.223. The van der Waals surface area contributed by atoms with Crippen molar-refractivity contribution in [1.29, 1.82) is 0 Å². The molecular formula is C5H8INO. The fraction of sp³-hybridized carbons (Fsp3) is 0.800. The Hall–Kier alpha value is 0.200. The van der Waals surface area contributed by atoms with E-state index in [2.05, 4.69) is 27.9 Å². The van der Waals surface area contributed by atoms with Crippen molar-refractivity contribution in [2.75, 3.05) is 6.54 Å². The van der Waals surface area contributed by atoms with Gasteiger partial charge in [0.15, 0.2) is 0 Å². The minimum Gasteiger partial charge on any atom is -0.355 e. The summed E-state index contributed by atoms with van der Waals surface area (Å²) in [4.78, 5) is 10.7. The Balaban J connectivity index is 2.39. The Bertz CT molecular complexity index is 105. The summed E-state index contributed by atoms with van der Waals surface area (Å²) in [5, 5.41) is 2.79. The first-order valence-electron chi connectivity index (χ1n) is 2.72. The number of hydrogen-bond donors (Lipinski definition) is 1. The summed E-state index contributed by atoms with van der Waals surface area (Å²) in [5.74, 6) is 0.205. The molecule has 2 nitrogen and oxygen atoms in total. The number of piperidine rings is 1. The van der Waals surface area contributed by atoms with Crippen LogP contribution in [0.5, 0.6) is 0 Å². The van der Waals surface area contributed by atoms with Crippen molar-refractivity contribution >= 4 is 28.5 Å². The lowest BCUT2D eigenvalue weighted by atomic mass is 10.2. The first-order chi connectivity index (χ1) is 3.80. The van der Waals surface area contributed by atoms with Gasteiger partial charge in [-0.3, -0.25) is 4.79 Å². The molecule has 3 heteroatoms. The number of halogens is 1. The molecule has 1 aliphatic heterocycles. The zero-order valence-electron chi connectivity index (χ0n) is 4.48. The van der Waals surface area contributed by atoms with Crippen LogP contribution in [0.4, 0.5) is 0 Å². The molecule has 1 unspecified atom stereocenters. The van der Waals surface area contributed by atoms with Crippen LogP contribution in [0.1, 0.15) is 12.8 Å². The molecule has 0 bridgehead atoms. The maximum absolute atomic E-state index is 10.7. The van der Waals surface area contributed by atoms with Crippen LogP contribution in [-0.2, 0) is 4.79 Å². The SMILES string of the molecule is O=C1NCCCC1I. The molecule has 1 heterocycles. The second kappa shape index (κ2) is 2.66. The number of nitrogens with one attached hydrogen (secondary N) is 1. The standard InChI is InChI=1S/C5H8INO/c6-4-2-1-3-7-5(4)8/h4H,1-3H2,(H,7,8). The monoisotopic (exact) mass is 225 g/mol. The lowest BCUT2D eigenvalue weighted by Gasteiger charge is -2.15. The summed E-state index contributed by atoms with van der Waals surface area (Å²) in [7, 11) is 0. The normalized spacial score (nSPS) is 29.6. The van der Waals surface area contributed by atoms with Crippen molar-refractivity contribution in [2.24, 2.45) is 0 Å². The summed E-state index contributed by atoms with van der Waals surface area (Å²) in [5.41, 5.74) is 0. The van der Waals surface area contributed by atoms with Gasteiger partial charge >= 0.3 is 0 Å². The molecule has 0 radical (unpaired) electrons. The van der Waals surface area contributed by atoms with Crippen LogP contribution in [0.2, 0.25) is 0 Å². The van der Waals surface area contributed by atoms with Gasteiger partial charge in [0.2, 0.25) is 5.91 Å². The third-order valence-corrected chi connectivity index (χ3v) is 2.41. The van der Waals surface area contributed by atoms with Crippen molar-refractivity contribution in [3.05, 3.63) is 0 Å². The summed E-state index contributed by atoms with van der Waals surface area (Å²) in [6, 6.07) is 0. The molecule has 8 heavy (non-hydrogen) atoms. The molecule has 0 saturated carbocycles. The van der Waals surface area contributed by atoms with Crippen molar-refractivity contribution < 1.29 is 4.79 Å². The molecule has 0 aromatic rings. The van der Waals surface area contributed by atoms with Crippen LogP contribution in [0.3, 0.4) is 0 Å². The zero-order valence-corrected chi connectivity index (χ0v) is 6.64. The van der Waals surface area contributed by atoms with E-state index in [0.717, 1.165) is 19.4 Å². The van der Waals surface area contributed by atoms with Gasteiger partial charge in [0.1, 0.15) is 0 Å². The van der Waals surface area contributed by atoms with Crippen molar-refractivity contribution in [3.63, 3.8) is 0 Å². The van der Waals surface area contributed by atoms with Crippen LogP contribution in [0.15, 0.2) is 0 Å². The summed E-state index contributed by atoms with van der Waals surface area (Å²) >= 11 is 2.17. The molecule has 1 saturated heterocycles. The highest BCUT2D eigenvalue weighted by atomic mass is 127. The maximum atomic E-state index is 10.7. The third kappa shape index (κ3) is 1.34. The minimum atomic E-state index is 0.205. The number of amides is 1. The van der Waals surface area contributed by atoms with Crippen LogP contribution in [0.25, 0.3) is 0 Å². The van der Waals surface area contributed by atoms with E-state index in [1.807, 2.05) is 0 Å². The van der Waals surface area contributed by atoms with Gasteiger partial charge in [-0.05, 0) is 12.8 Å². The molecular weight excluding hydrogens is 217 g/mol. The molecule has 0 aromatic heterocycles. The molecule has 1 N–H and O–H groups in total. The van der Waals surface area contributed by atoms with E-state index in [4.69, 9.17) is 0 Å². The Morgan fingerprint density at radius 3 is 2.88 bits per heavy atom. The molecule has 1 atom stereocenters. The summed E-state index contributed by atoms with van der Waals surface area (Å²) in [6.45, 7) is 0.873. The second-order valence-electron chi connectivity index (χ2n) is 1.90. The smallest absolute Gasteiger partial charge is 0.232 e. The minimum absolute atomic E-state index is 0.205. The highest BCUT2D eigenvalue weighted by Crippen LogP contribution is 2.11. The van der Waals surface area contributed by atoms with Gasteiger partial charge in [-0.2, -0.15) is 0 Å². The summed E-state index contributed by atoms with van der Waals surface area (Å²) in [6.07, 6.45) is 2.19. The number of carbonyl (C=O) groups is 1. The molecule has 0 spiro atoms. The van der Waals surface area contributed by atoms with E-state index < -0.39 is 0 Å².